The van der Waals surface area contributed by atoms with E-state index in [2.05, 4.69) is 10.6 Å². The molecule has 0 saturated heterocycles. The second-order valence-electron chi connectivity index (χ2n) is 5.35. The number of rotatable bonds is 6. The first-order valence-electron chi connectivity index (χ1n) is 7.21. The fourth-order valence-corrected chi connectivity index (χ4v) is 3.07. The molecule has 2 aromatic carbocycles. The fourth-order valence-electron chi connectivity index (χ4n) is 1.94. The Morgan fingerprint density at radius 1 is 1.16 bits per heavy atom. The van der Waals surface area contributed by atoms with E-state index in [4.69, 9.17) is 11.6 Å². The second kappa shape index (κ2) is 7.81. The van der Waals surface area contributed by atoms with Gasteiger partial charge in [0.1, 0.15) is 5.82 Å². The Hall–Kier alpha value is -2.16. The predicted molar refractivity (Wildman–Crippen MR) is 95.8 cm³/mol. The predicted octanol–water partition coefficient (Wildman–Crippen LogP) is 2.78. The lowest BCUT2D eigenvalue weighted by Crippen LogP contribution is -2.23. The minimum atomic E-state index is -3.58. The average molecular weight is 386 g/mol. The van der Waals surface area contributed by atoms with Crippen molar-refractivity contribution in [3.63, 3.8) is 0 Å². The van der Waals surface area contributed by atoms with Crippen molar-refractivity contribution in [2.45, 2.75) is 4.90 Å². The summed E-state index contributed by atoms with van der Waals surface area (Å²) in [5, 5.41) is 5.36. The first-order valence-corrected chi connectivity index (χ1v) is 9.03. The first-order chi connectivity index (χ1) is 11.7. The summed E-state index contributed by atoms with van der Waals surface area (Å²) in [7, 11) is -0.725. The van der Waals surface area contributed by atoms with Gasteiger partial charge in [-0.3, -0.25) is 4.79 Å². The molecule has 0 atom stereocenters. The van der Waals surface area contributed by atoms with Gasteiger partial charge >= 0.3 is 0 Å². The highest BCUT2D eigenvalue weighted by Gasteiger charge is 2.17. The summed E-state index contributed by atoms with van der Waals surface area (Å²) in [6.45, 7) is -0.0907. The number of hydrogen-bond acceptors (Lipinski definition) is 4. The van der Waals surface area contributed by atoms with Gasteiger partial charge in [0, 0.05) is 25.5 Å². The second-order valence-corrected chi connectivity index (χ2v) is 7.90. The van der Waals surface area contributed by atoms with Gasteiger partial charge < -0.3 is 10.6 Å². The Morgan fingerprint density at radius 2 is 1.88 bits per heavy atom. The van der Waals surface area contributed by atoms with Crippen molar-refractivity contribution in [3.05, 3.63) is 53.3 Å². The molecule has 6 nitrogen and oxygen atoms in total. The van der Waals surface area contributed by atoms with Crippen LogP contribution in [-0.4, -0.2) is 39.3 Å². The molecule has 0 fully saturated rings. The molecule has 25 heavy (non-hydrogen) atoms. The monoisotopic (exact) mass is 385 g/mol. The molecule has 0 radical (unpaired) electrons. The van der Waals surface area contributed by atoms with Crippen LogP contribution in [0, 0.1) is 5.82 Å². The number of nitrogens with one attached hydrogen (secondary N) is 2. The average Bonchev–Trinajstić information content (AvgIpc) is 2.56. The Morgan fingerprint density at radius 3 is 2.52 bits per heavy atom. The SMILES string of the molecule is CN(C)S(=O)(=O)c1cccc(NC(=O)CNc2ccc(F)c(Cl)c2)c1. The Balaban J connectivity index is 2.02. The maximum Gasteiger partial charge on any atom is 0.243 e. The Labute approximate surface area is 150 Å². The number of carbonyl (C=O) groups excluding carboxylic acids is 1. The highest BCUT2D eigenvalue weighted by Crippen LogP contribution is 2.20. The summed E-state index contributed by atoms with van der Waals surface area (Å²) < 4.78 is 38.4. The van der Waals surface area contributed by atoms with Crippen LogP contribution in [-0.2, 0) is 14.8 Å². The minimum absolute atomic E-state index is 0.0491. The number of amides is 1. The zero-order valence-electron chi connectivity index (χ0n) is 13.6. The Bertz CT molecular complexity index is 888. The molecule has 0 aliphatic heterocycles. The first kappa shape index (κ1) is 19.2. The lowest BCUT2D eigenvalue weighted by Gasteiger charge is -2.13. The summed E-state index contributed by atoms with van der Waals surface area (Å²) in [6.07, 6.45) is 0. The molecule has 0 heterocycles. The summed E-state index contributed by atoms with van der Waals surface area (Å²) in [4.78, 5) is 12.1. The van der Waals surface area contributed by atoms with Crippen molar-refractivity contribution >= 4 is 38.9 Å². The molecule has 9 heteroatoms. The normalized spacial score (nSPS) is 11.4. The van der Waals surface area contributed by atoms with Crippen molar-refractivity contribution in [1.29, 1.82) is 0 Å². The topological polar surface area (TPSA) is 78.5 Å². The van der Waals surface area contributed by atoms with Gasteiger partial charge in [0.25, 0.3) is 0 Å². The van der Waals surface area contributed by atoms with Crippen LogP contribution in [0.15, 0.2) is 47.4 Å². The van der Waals surface area contributed by atoms with Gasteiger partial charge in [-0.05, 0) is 36.4 Å². The zero-order valence-corrected chi connectivity index (χ0v) is 15.2. The van der Waals surface area contributed by atoms with Gasteiger partial charge in [-0.2, -0.15) is 0 Å². The number of benzene rings is 2. The van der Waals surface area contributed by atoms with Crippen LogP contribution in [0.3, 0.4) is 0 Å². The molecule has 2 N–H and O–H groups in total. The van der Waals surface area contributed by atoms with E-state index in [1.54, 1.807) is 12.1 Å². The van der Waals surface area contributed by atoms with Gasteiger partial charge in [0.15, 0.2) is 0 Å². The highest BCUT2D eigenvalue weighted by molar-refractivity contribution is 7.89. The fraction of sp³-hybridized carbons (Fsp3) is 0.188. The summed E-state index contributed by atoms with van der Waals surface area (Å²) in [5.41, 5.74) is 0.845. The van der Waals surface area contributed by atoms with E-state index in [0.29, 0.717) is 11.4 Å². The van der Waals surface area contributed by atoms with Crippen LogP contribution in [0.4, 0.5) is 15.8 Å². The minimum Gasteiger partial charge on any atom is -0.376 e. The number of carbonyl (C=O) groups is 1. The number of sulfonamides is 1. The summed E-state index contributed by atoms with van der Waals surface area (Å²) in [5.74, 6) is -0.935. The van der Waals surface area contributed by atoms with Crippen LogP contribution < -0.4 is 10.6 Å². The summed E-state index contributed by atoms with van der Waals surface area (Å²) in [6, 6.07) is 9.97. The molecule has 0 aliphatic carbocycles. The highest BCUT2D eigenvalue weighted by atomic mass is 35.5. The van der Waals surface area contributed by atoms with E-state index in [1.807, 2.05) is 0 Å². The number of anilines is 2. The van der Waals surface area contributed by atoms with Gasteiger partial charge in [0.2, 0.25) is 15.9 Å². The maximum atomic E-state index is 13.1. The number of halogens is 2. The molecule has 1 amide bonds. The number of hydrogen-bond donors (Lipinski definition) is 2. The molecule has 0 bridgehead atoms. The molecule has 2 aromatic rings. The molecule has 0 spiro atoms. The standard InChI is InChI=1S/C16H17ClFN3O3S/c1-21(2)25(23,24)13-5-3-4-12(8-13)20-16(22)10-19-11-6-7-15(18)14(17)9-11/h3-9,19H,10H2,1-2H3,(H,20,22). The molecule has 0 aliphatic rings. The third kappa shape index (κ3) is 4.91. The third-order valence-corrected chi connectivity index (χ3v) is 5.37. The number of nitrogens with zero attached hydrogens (tertiary/aromatic N) is 1. The largest absolute Gasteiger partial charge is 0.376 e. The van der Waals surface area contributed by atoms with Crippen molar-refractivity contribution in [3.8, 4) is 0 Å². The van der Waals surface area contributed by atoms with E-state index in [1.165, 1.54) is 44.4 Å². The van der Waals surface area contributed by atoms with E-state index < -0.39 is 15.8 Å². The van der Waals surface area contributed by atoms with E-state index in [9.17, 15) is 17.6 Å². The smallest absolute Gasteiger partial charge is 0.243 e. The molecule has 0 unspecified atom stereocenters. The molecular formula is C16H17ClFN3O3S. The lowest BCUT2D eigenvalue weighted by atomic mass is 10.3. The van der Waals surface area contributed by atoms with E-state index in [0.717, 1.165) is 4.31 Å². The van der Waals surface area contributed by atoms with Gasteiger partial charge in [-0.25, -0.2) is 17.1 Å². The zero-order chi connectivity index (χ0) is 18.6. The summed E-state index contributed by atoms with van der Waals surface area (Å²) >= 11 is 5.67. The Kier molecular flexibility index (Phi) is 5.99. The maximum absolute atomic E-state index is 13.1. The third-order valence-electron chi connectivity index (χ3n) is 3.27. The lowest BCUT2D eigenvalue weighted by molar-refractivity contribution is -0.114. The van der Waals surface area contributed by atoms with E-state index >= 15 is 0 Å². The molecular weight excluding hydrogens is 369 g/mol. The van der Waals surface area contributed by atoms with Crippen LogP contribution in [0.2, 0.25) is 5.02 Å². The van der Waals surface area contributed by atoms with Gasteiger partial charge in [-0.1, -0.05) is 17.7 Å². The van der Waals surface area contributed by atoms with Gasteiger partial charge in [0.05, 0.1) is 16.5 Å². The van der Waals surface area contributed by atoms with Crippen LogP contribution >= 0.6 is 11.6 Å². The van der Waals surface area contributed by atoms with Crippen molar-refractivity contribution in [1.82, 2.24) is 4.31 Å². The molecule has 0 saturated carbocycles. The van der Waals surface area contributed by atoms with Crippen LogP contribution in [0.5, 0.6) is 0 Å². The van der Waals surface area contributed by atoms with E-state index in [-0.39, 0.29) is 22.4 Å². The quantitative estimate of drug-likeness (QED) is 0.801. The van der Waals surface area contributed by atoms with Crippen molar-refractivity contribution in [2.24, 2.45) is 0 Å². The van der Waals surface area contributed by atoms with Gasteiger partial charge in [-0.15, -0.1) is 0 Å². The molecule has 2 rings (SSSR count). The van der Waals surface area contributed by atoms with Crippen molar-refractivity contribution in [2.75, 3.05) is 31.3 Å². The van der Waals surface area contributed by atoms with Crippen LogP contribution in [0.1, 0.15) is 0 Å². The van der Waals surface area contributed by atoms with Crippen molar-refractivity contribution < 1.29 is 17.6 Å². The molecule has 134 valence electrons. The molecule has 0 aromatic heterocycles. The van der Waals surface area contributed by atoms with Crippen LogP contribution in [0.25, 0.3) is 0 Å².